The van der Waals surface area contributed by atoms with E-state index in [9.17, 15) is 0 Å². The van der Waals surface area contributed by atoms with Crippen LogP contribution < -0.4 is 0 Å². The molecular formula is C10H22O4. The van der Waals surface area contributed by atoms with Crippen LogP contribution in [0.4, 0.5) is 0 Å². The van der Waals surface area contributed by atoms with E-state index in [-0.39, 0.29) is 6.29 Å². The second-order valence-electron chi connectivity index (χ2n) is 2.80. The molecule has 0 aromatic rings. The van der Waals surface area contributed by atoms with Crippen LogP contribution in [0.3, 0.4) is 0 Å². The summed E-state index contributed by atoms with van der Waals surface area (Å²) >= 11 is 0. The van der Waals surface area contributed by atoms with Gasteiger partial charge in [-0.05, 0) is 20.3 Å². The van der Waals surface area contributed by atoms with E-state index in [1.165, 1.54) is 0 Å². The number of hydrogen-bond donors (Lipinski definition) is 0. The van der Waals surface area contributed by atoms with Crippen molar-refractivity contribution in [2.45, 2.75) is 33.0 Å². The second-order valence-corrected chi connectivity index (χ2v) is 2.80. The van der Waals surface area contributed by atoms with Crippen molar-refractivity contribution < 1.29 is 18.9 Å². The van der Waals surface area contributed by atoms with E-state index in [1.54, 1.807) is 7.11 Å². The van der Waals surface area contributed by atoms with Gasteiger partial charge in [-0.15, -0.1) is 0 Å². The van der Waals surface area contributed by atoms with Gasteiger partial charge in [0.1, 0.15) is 6.79 Å². The van der Waals surface area contributed by atoms with Gasteiger partial charge in [0.05, 0.1) is 0 Å². The van der Waals surface area contributed by atoms with Crippen molar-refractivity contribution in [3.63, 3.8) is 0 Å². The van der Waals surface area contributed by atoms with Crippen molar-refractivity contribution in [3.05, 3.63) is 0 Å². The highest BCUT2D eigenvalue weighted by atomic mass is 16.7. The SMILES string of the molecule is CCOC(CCCOCOC)OCC. The summed E-state index contributed by atoms with van der Waals surface area (Å²) < 4.78 is 20.7. The molecule has 0 heterocycles. The Hall–Kier alpha value is -0.160. The summed E-state index contributed by atoms with van der Waals surface area (Å²) in [7, 11) is 1.61. The van der Waals surface area contributed by atoms with Gasteiger partial charge in [-0.25, -0.2) is 0 Å². The van der Waals surface area contributed by atoms with Gasteiger partial charge < -0.3 is 18.9 Å². The summed E-state index contributed by atoms with van der Waals surface area (Å²) in [4.78, 5) is 0. The van der Waals surface area contributed by atoms with Crippen molar-refractivity contribution in [3.8, 4) is 0 Å². The molecule has 14 heavy (non-hydrogen) atoms. The zero-order chi connectivity index (χ0) is 10.6. The molecule has 4 nitrogen and oxygen atoms in total. The molecule has 0 atom stereocenters. The summed E-state index contributed by atoms with van der Waals surface area (Å²) in [5.74, 6) is 0. The van der Waals surface area contributed by atoms with Crippen LogP contribution in [0.25, 0.3) is 0 Å². The zero-order valence-electron chi connectivity index (χ0n) is 9.45. The lowest BCUT2D eigenvalue weighted by atomic mass is 10.3. The topological polar surface area (TPSA) is 36.9 Å². The maximum absolute atomic E-state index is 5.38. The minimum absolute atomic E-state index is 0.0869. The molecule has 0 bridgehead atoms. The highest BCUT2D eigenvalue weighted by molar-refractivity contribution is 4.45. The fourth-order valence-corrected chi connectivity index (χ4v) is 1.08. The van der Waals surface area contributed by atoms with Crippen LogP contribution in [0.1, 0.15) is 26.7 Å². The highest BCUT2D eigenvalue weighted by Gasteiger charge is 2.06. The summed E-state index contributed by atoms with van der Waals surface area (Å²) in [5.41, 5.74) is 0. The molecule has 86 valence electrons. The van der Waals surface area contributed by atoms with Crippen molar-refractivity contribution in [2.24, 2.45) is 0 Å². The predicted molar refractivity (Wildman–Crippen MR) is 54.1 cm³/mol. The lowest BCUT2D eigenvalue weighted by Crippen LogP contribution is -2.18. The Morgan fingerprint density at radius 2 is 1.71 bits per heavy atom. The molecule has 0 unspecified atom stereocenters. The van der Waals surface area contributed by atoms with Crippen molar-refractivity contribution >= 4 is 0 Å². The molecule has 0 rings (SSSR count). The van der Waals surface area contributed by atoms with Crippen LogP contribution in [0.15, 0.2) is 0 Å². The van der Waals surface area contributed by atoms with Crippen LogP contribution in [-0.2, 0) is 18.9 Å². The van der Waals surface area contributed by atoms with Crippen LogP contribution in [0, 0.1) is 0 Å². The number of ether oxygens (including phenoxy) is 4. The third kappa shape index (κ3) is 8.44. The molecule has 0 saturated heterocycles. The first kappa shape index (κ1) is 13.8. The van der Waals surface area contributed by atoms with Crippen molar-refractivity contribution in [1.29, 1.82) is 0 Å². The highest BCUT2D eigenvalue weighted by Crippen LogP contribution is 2.04. The summed E-state index contributed by atoms with van der Waals surface area (Å²) in [6, 6.07) is 0. The molecular weight excluding hydrogens is 184 g/mol. The van der Waals surface area contributed by atoms with Gasteiger partial charge >= 0.3 is 0 Å². The number of methoxy groups -OCH3 is 1. The Balaban J connectivity index is 3.30. The van der Waals surface area contributed by atoms with Gasteiger partial charge in [-0.3, -0.25) is 0 Å². The van der Waals surface area contributed by atoms with Gasteiger partial charge in [0, 0.05) is 33.4 Å². The quantitative estimate of drug-likeness (QED) is 0.403. The molecule has 0 aromatic heterocycles. The standard InChI is InChI=1S/C10H22O4/c1-4-13-10(14-5-2)7-6-8-12-9-11-3/h10H,4-9H2,1-3H3. The normalized spacial score (nSPS) is 11.1. The largest absolute Gasteiger partial charge is 0.359 e. The third-order valence-corrected chi connectivity index (χ3v) is 1.63. The van der Waals surface area contributed by atoms with Crippen LogP contribution in [0.5, 0.6) is 0 Å². The minimum atomic E-state index is -0.0869. The molecule has 0 spiro atoms. The van der Waals surface area contributed by atoms with Gasteiger partial charge in [0.25, 0.3) is 0 Å². The fraction of sp³-hybridized carbons (Fsp3) is 1.00. The van der Waals surface area contributed by atoms with E-state index in [4.69, 9.17) is 18.9 Å². The smallest absolute Gasteiger partial charge is 0.157 e. The lowest BCUT2D eigenvalue weighted by Gasteiger charge is -2.16. The van der Waals surface area contributed by atoms with E-state index in [2.05, 4.69) is 0 Å². The van der Waals surface area contributed by atoms with Gasteiger partial charge in [0.2, 0.25) is 0 Å². The Morgan fingerprint density at radius 1 is 1.07 bits per heavy atom. The zero-order valence-corrected chi connectivity index (χ0v) is 9.45. The van der Waals surface area contributed by atoms with Gasteiger partial charge in [-0.1, -0.05) is 0 Å². The molecule has 0 radical (unpaired) electrons. The number of hydrogen-bond acceptors (Lipinski definition) is 4. The van der Waals surface area contributed by atoms with Crippen molar-refractivity contribution in [1.82, 2.24) is 0 Å². The Labute approximate surface area is 86.5 Å². The predicted octanol–water partition coefficient (Wildman–Crippen LogP) is 1.79. The van der Waals surface area contributed by atoms with Crippen LogP contribution in [0.2, 0.25) is 0 Å². The molecule has 0 aliphatic carbocycles. The first-order valence-corrected chi connectivity index (χ1v) is 5.15. The Bertz CT molecular complexity index is 102. The summed E-state index contributed by atoms with van der Waals surface area (Å²) in [6.45, 7) is 6.34. The van der Waals surface area contributed by atoms with E-state index in [1.807, 2.05) is 13.8 Å². The molecule has 0 N–H and O–H groups in total. The summed E-state index contributed by atoms with van der Waals surface area (Å²) in [5, 5.41) is 0. The summed E-state index contributed by atoms with van der Waals surface area (Å²) in [6.07, 6.45) is 1.70. The Kier molecular flexibility index (Phi) is 10.8. The van der Waals surface area contributed by atoms with E-state index >= 15 is 0 Å². The van der Waals surface area contributed by atoms with E-state index in [0.29, 0.717) is 26.6 Å². The van der Waals surface area contributed by atoms with E-state index < -0.39 is 0 Å². The first-order valence-electron chi connectivity index (χ1n) is 5.15. The number of rotatable bonds is 10. The van der Waals surface area contributed by atoms with Gasteiger partial charge in [0.15, 0.2) is 6.29 Å². The molecule has 0 saturated carbocycles. The molecule has 0 aromatic carbocycles. The maximum atomic E-state index is 5.38. The third-order valence-electron chi connectivity index (χ3n) is 1.63. The van der Waals surface area contributed by atoms with Gasteiger partial charge in [-0.2, -0.15) is 0 Å². The second kappa shape index (κ2) is 10.9. The fourth-order valence-electron chi connectivity index (χ4n) is 1.08. The van der Waals surface area contributed by atoms with Crippen molar-refractivity contribution in [2.75, 3.05) is 33.7 Å². The maximum Gasteiger partial charge on any atom is 0.157 e. The molecule has 0 fully saturated rings. The molecule has 0 aliphatic heterocycles. The van der Waals surface area contributed by atoms with Crippen LogP contribution in [-0.4, -0.2) is 40.0 Å². The Morgan fingerprint density at radius 3 is 2.21 bits per heavy atom. The lowest BCUT2D eigenvalue weighted by molar-refractivity contribution is -0.143. The average molecular weight is 206 g/mol. The molecule has 4 heteroatoms. The minimum Gasteiger partial charge on any atom is -0.359 e. The average Bonchev–Trinajstić information content (AvgIpc) is 2.18. The van der Waals surface area contributed by atoms with Crippen LogP contribution >= 0.6 is 0 Å². The monoisotopic (exact) mass is 206 g/mol. The first-order chi connectivity index (χ1) is 6.85. The molecule has 0 amide bonds. The molecule has 0 aliphatic rings. The van der Waals surface area contributed by atoms with E-state index in [0.717, 1.165) is 12.8 Å².